The molecule has 0 unspecified atom stereocenters. The average molecular weight is 435 g/mol. The fraction of sp³-hybridized carbons (Fsp3) is 0.0769. The molecule has 0 spiro atoms. The Morgan fingerprint density at radius 3 is 2.61 bits per heavy atom. The molecular formula is C26H21N5O2. The van der Waals surface area contributed by atoms with E-state index in [0.717, 1.165) is 22.5 Å². The Bertz CT molecular complexity index is 1410. The van der Waals surface area contributed by atoms with Crippen molar-refractivity contribution in [1.82, 2.24) is 19.4 Å². The molecule has 0 saturated heterocycles. The molecule has 0 bridgehead atoms. The Labute approximate surface area is 190 Å². The third-order valence-corrected chi connectivity index (χ3v) is 5.07. The summed E-state index contributed by atoms with van der Waals surface area (Å²) in [5.74, 6) is 0.928. The number of carbonyl (C=O) groups is 1. The fourth-order valence-corrected chi connectivity index (χ4v) is 3.44. The molecule has 5 aromatic rings. The van der Waals surface area contributed by atoms with Gasteiger partial charge in [-0.25, -0.2) is 15.0 Å². The van der Waals surface area contributed by atoms with Gasteiger partial charge in [-0.1, -0.05) is 42.5 Å². The van der Waals surface area contributed by atoms with Crippen LogP contribution in [-0.2, 0) is 6.61 Å². The highest BCUT2D eigenvalue weighted by atomic mass is 16.5. The Hall–Kier alpha value is -4.52. The zero-order chi connectivity index (χ0) is 22.6. The second-order valence-corrected chi connectivity index (χ2v) is 7.64. The first-order valence-electron chi connectivity index (χ1n) is 10.5. The highest BCUT2D eigenvalue weighted by molar-refractivity contribution is 6.04. The summed E-state index contributed by atoms with van der Waals surface area (Å²) >= 11 is 0. The first-order valence-corrected chi connectivity index (χ1v) is 10.5. The molecule has 0 radical (unpaired) electrons. The number of ether oxygens (including phenoxy) is 1. The third-order valence-electron chi connectivity index (χ3n) is 5.07. The first kappa shape index (κ1) is 20.4. The summed E-state index contributed by atoms with van der Waals surface area (Å²) in [6.45, 7) is 2.34. The highest BCUT2D eigenvalue weighted by Crippen LogP contribution is 2.18. The van der Waals surface area contributed by atoms with E-state index in [-0.39, 0.29) is 5.91 Å². The summed E-state index contributed by atoms with van der Waals surface area (Å²) in [5.41, 5.74) is 4.75. The van der Waals surface area contributed by atoms with Crippen LogP contribution in [0.2, 0.25) is 0 Å². The number of anilines is 1. The van der Waals surface area contributed by atoms with Crippen molar-refractivity contribution in [3.63, 3.8) is 0 Å². The molecule has 0 aliphatic carbocycles. The van der Waals surface area contributed by atoms with E-state index in [2.05, 4.69) is 20.3 Å². The fourth-order valence-electron chi connectivity index (χ4n) is 3.44. The number of aryl methyl sites for hydroxylation is 1. The molecule has 0 aliphatic heterocycles. The second-order valence-electron chi connectivity index (χ2n) is 7.64. The van der Waals surface area contributed by atoms with E-state index < -0.39 is 0 Å². The van der Waals surface area contributed by atoms with Crippen LogP contribution in [0.4, 0.5) is 5.69 Å². The molecule has 0 aliphatic rings. The molecule has 3 heterocycles. The minimum absolute atomic E-state index is 0.264. The molecule has 7 heteroatoms. The van der Waals surface area contributed by atoms with Gasteiger partial charge in [0.05, 0.1) is 23.8 Å². The van der Waals surface area contributed by atoms with Gasteiger partial charge in [-0.2, -0.15) is 0 Å². The van der Waals surface area contributed by atoms with Crippen LogP contribution in [0.3, 0.4) is 0 Å². The maximum Gasteiger partial charge on any atom is 0.255 e. The number of nitrogens with one attached hydrogen (secondary N) is 1. The standard InChI is InChI=1S/C26H21N5O2/c1-18-10-11-24-29-22(16-31(24)15-18)17-33-23-9-5-8-20(12-23)26(32)30-21-13-27-25(28-14-21)19-6-3-2-4-7-19/h2-16H,17H2,1H3,(H,30,32). The quantitative estimate of drug-likeness (QED) is 0.409. The number of pyridine rings is 1. The smallest absolute Gasteiger partial charge is 0.255 e. The summed E-state index contributed by atoms with van der Waals surface area (Å²) in [4.78, 5) is 25.9. The van der Waals surface area contributed by atoms with Crippen molar-refractivity contribution in [3.05, 3.63) is 108 Å². The number of benzene rings is 2. The maximum atomic E-state index is 12.7. The second kappa shape index (κ2) is 8.92. The van der Waals surface area contributed by atoms with E-state index in [1.54, 1.807) is 30.6 Å². The molecule has 0 atom stereocenters. The molecule has 162 valence electrons. The Balaban J connectivity index is 1.24. The number of hydrogen-bond acceptors (Lipinski definition) is 5. The zero-order valence-corrected chi connectivity index (χ0v) is 18.0. The molecule has 2 aromatic carbocycles. The summed E-state index contributed by atoms with van der Waals surface area (Å²) in [6.07, 6.45) is 7.16. The molecular weight excluding hydrogens is 414 g/mol. The number of fused-ring (bicyclic) bond motifs is 1. The molecule has 1 amide bonds. The summed E-state index contributed by atoms with van der Waals surface area (Å²) in [6, 6.07) is 20.7. The highest BCUT2D eigenvalue weighted by Gasteiger charge is 2.10. The molecule has 5 rings (SSSR count). The lowest BCUT2D eigenvalue weighted by Gasteiger charge is -2.08. The summed E-state index contributed by atoms with van der Waals surface area (Å²) in [5, 5.41) is 2.83. The van der Waals surface area contributed by atoms with Gasteiger partial charge in [0.25, 0.3) is 5.91 Å². The van der Waals surface area contributed by atoms with Gasteiger partial charge in [0, 0.05) is 23.5 Å². The predicted molar refractivity (Wildman–Crippen MR) is 126 cm³/mol. The minimum Gasteiger partial charge on any atom is -0.487 e. The van der Waals surface area contributed by atoms with Crippen LogP contribution in [0.5, 0.6) is 5.75 Å². The lowest BCUT2D eigenvalue weighted by Crippen LogP contribution is -2.12. The third kappa shape index (κ3) is 4.72. The van der Waals surface area contributed by atoms with Crippen LogP contribution in [0, 0.1) is 6.92 Å². The Morgan fingerprint density at radius 2 is 1.79 bits per heavy atom. The lowest BCUT2D eigenvalue weighted by atomic mass is 10.2. The van der Waals surface area contributed by atoms with E-state index in [1.807, 2.05) is 72.2 Å². The summed E-state index contributed by atoms with van der Waals surface area (Å²) in [7, 11) is 0. The maximum absolute atomic E-state index is 12.7. The van der Waals surface area contributed by atoms with Gasteiger partial charge in [-0.15, -0.1) is 0 Å². The largest absolute Gasteiger partial charge is 0.487 e. The molecule has 0 fully saturated rings. The SMILES string of the molecule is Cc1ccc2nc(COc3cccc(C(=O)Nc4cnc(-c5ccccc5)nc4)c3)cn2c1. The van der Waals surface area contributed by atoms with Crippen LogP contribution < -0.4 is 10.1 Å². The minimum atomic E-state index is -0.264. The number of amides is 1. The van der Waals surface area contributed by atoms with Gasteiger partial charge in [0.15, 0.2) is 5.82 Å². The number of nitrogens with zero attached hydrogens (tertiary/aromatic N) is 4. The van der Waals surface area contributed by atoms with Crippen molar-refractivity contribution in [2.75, 3.05) is 5.32 Å². The lowest BCUT2D eigenvalue weighted by molar-refractivity contribution is 0.102. The zero-order valence-electron chi connectivity index (χ0n) is 18.0. The van der Waals surface area contributed by atoms with Gasteiger partial charge >= 0.3 is 0 Å². The number of carbonyl (C=O) groups excluding carboxylic acids is 1. The van der Waals surface area contributed by atoms with Crippen molar-refractivity contribution in [2.45, 2.75) is 13.5 Å². The molecule has 7 nitrogen and oxygen atoms in total. The topological polar surface area (TPSA) is 81.4 Å². The number of aromatic nitrogens is 4. The van der Waals surface area contributed by atoms with Gasteiger partial charge in [0.1, 0.15) is 18.0 Å². The van der Waals surface area contributed by atoms with Crippen molar-refractivity contribution < 1.29 is 9.53 Å². The number of imidazole rings is 1. The van der Waals surface area contributed by atoms with E-state index >= 15 is 0 Å². The van der Waals surface area contributed by atoms with E-state index in [1.165, 1.54) is 0 Å². The van der Waals surface area contributed by atoms with Gasteiger partial charge < -0.3 is 14.5 Å². The molecule has 3 aromatic heterocycles. The normalized spacial score (nSPS) is 10.8. The Morgan fingerprint density at radius 1 is 0.970 bits per heavy atom. The van der Waals surface area contributed by atoms with Crippen LogP contribution in [0.25, 0.3) is 17.0 Å². The number of hydrogen-bond donors (Lipinski definition) is 1. The van der Waals surface area contributed by atoms with E-state index in [0.29, 0.717) is 29.4 Å². The first-order chi connectivity index (χ1) is 16.1. The van der Waals surface area contributed by atoms with Crippen molar-refractivity contribution in [2.24, 2.45) is 0 Å². The van der Waals surface area contributed by atoms with E-state index in [4.69, 9.17) is 4.74 Å². The van der Waals surface area contributed by atoms with Crippen LogP contribution in [-0.4, -0.2) is 25.3 Å². The van der Waals surface area contributed by atoms with Crippen LogP contribution >= 0.6 is 0 Å². The summed E-state index contributed by atoms with van der Waals surface area (Å²) < 4.78 is 7.85. The van der Waals surface area contributed by atoms with Crippen LogP contribution in [0.15, 0.2) is 91.5 Å². The average Bonchev–Trinajstić information content (AvgIpc) is 3.26. The molecule has 33 heavy (non-hydrogen) atoms. The van der Waals surface area contributed by atoms with Crippen molar-refractivity contribution in [1.29, 1.82) is 0 Å². The van der Waals surface area contributed by atoms with E-state index in [9.17, 15) is 4.79 Å². The predicted octanol–water partition coefficient (Wildman–Crippen LogP) is 4.93. The Kier molecular flexibility index (Phi) is 5.51. The van der Waals surface area contributed by atoms with Gasteiger partial charge in [-0.3, -0.25) is 4.79 Å². The van der Waals surface area contributed by atoms with Gasteiger partial charge in [0.2, 0.25) is 0 Å². The van der Waals surface area contributed by atoms with Gasteiger partial charge in [-0.05, 0) is 36.8 Å². The van der Waals surface area contributed by atoms with Crippen LogP contribution in [0.1, 0.15) is 21.6 Å². The van der Waals surface area contributed by atoms with Crippen molar-refractivity contribution in [3.8, 4) is 17.1 Å². The number of rotatable bonds is 6. The molecule has 1 N–H and O–H groups in total. The molecule has 0 saturated carbocycles. The van der Waals surface area contributed by atoms with Crippen molar-refractivity contribution >= 4 is 17.2 Å². The monoisotopic (exact) mass is 435 g/mol.